The van der Waals surface area contributed by atoms with E-state index < -0.39 is 24.3 Å². The molecular weight excluding hydrogens is 309 g/mol. The van der Waals surface area contributed by atoms with Gasteiger partial charge in [0.25, 0.3) is 5.91 Å². The van der Waals surface area contributed by atoms with E-state index in [-0.39, 0.29) is 0 Å². The van der Waals surface area contributed by atoms with Crippen molar-refractivity contribution in [2.45, 2.75) is 0 Å². The number of rotatable bonds is 4. The lowest BCUT2D eigenvalue weighted by Crippen LogP contribution is -2.20. The van der Waals surface area contributed by atoms with Crippen molar-refractivity contribution in [2.24, 2.45) is 0 Å². The molecule has 0 aliphatic carbocycles. The highest BCUT2D eigenvalue weighted by Crippen LogP contribution is 2.16. The van der Waals surface area contributed by atoms with Crippen LogP contribution < -0.4 is 5.32 Å². The van der Waals surface area contributed by atoms with Crippen molar-refractivity contribution in [1.82, 2.24) is 0 Å². The summed E-state index contributed by atoms with van der Waals surface area (Å²) < 4.78 is 17.8. The Labute approximate surface area is 137 Å². The number of hydrogen-bond donors (Lipinski definition) is 1. The van der Waals surface area contributed by atoms with Crippen molar-refractivity contribution < 1.29 is 18.7 Å². The minimum atomic E-state index is -0.574. The van der Waals surface area contributed by atoms with E-state index in [0.717, 1.165) is 10.8 Å². The van der Waals surface area contributed by atoms with Gasteiger partial charge in [0.1, 0.15) is 5.82 Å². The van der Waals surface area contributed by atoms with E-state index >= 15 is 0 Å². The quantitative estimate of drug-likeness (QED) is 0.744. The van der Waals surface area contributed by atoms with Crippen molar-refractivity contribution in [3.8, 4) is 0 Å². The van der Waals surface area contributed by atoms with Gasteiger partial charge in [0, 0.05) is 5.69 Å². The molecule has 0 aliphatic heterocycles. The second kappa shape index (κ2) is 6.91. The summed E-state index contributed by atoms with van der Waals surface area (Å²) in [4.78, 5) is 23.8. The minimum absolute atomic E-state index is 0.378. The molecule has 0 saturated heterocycles. The Kier molecular flexibility index (Phi) is 4.52. The lowest BCUT2D eigenvalue weighted by Gasteiger charge is -2.07. The topological polar surface area (TPSA) is 55.4 Å². The SMILES string of the molecule is O=C(COC(=O)c1ccc2ccccc2c1)Nc1ccc(F)cc1. The van der Waals surface area contributed by atoms with Gasteiger partial charge in [-0.05, 0) is 47.2 Å². The molecule has 120 valence electrons. The maximum atomic E-state index is 12.8. The molecule has 5 heteroatoms. The molecular formula is C19H14FNO3. The van der Waals surface area contributed by atoms with Crippen LogP contribution in [0.5, 0.6) is 0 Å². The number of benzene rings is 3. The van der Waals surface area contributed by atoms with Gasteiger partial charge in [-0.3, -0.25) is 4.79 Å². The van der Waals surface area contributed by atoms with Crippen LogP contribution in [0.15, 0.2) is 66.7 Å². The van der Waals surface area contributed by atoms with Gasteiger partial charge in [-0.1, -0.05) is 30.3 Å². The Morgan fingerprint density at radius 1 is 0.917 bits per heavy atom. The molecule has 3 aromatic carbocycles. The third-order valence-corrected chi connectivity index (χ3v) is 3.45. The van der Waals surface area contributed by atoms with E-state index in [4.69, 9.17) is 4.74 Å². The van der Waals surface area contributed by atoms with Gasteiger partial charge in [0.05, 0.1) is 5.56 Å². The number of fused-ring (bicyclic) bond motifs is 1. The van der Waals surface area contributed by atoms with E-state index in [1.54, 1.807) is 12.1 Å². The lowest BCUT2D eigenvalue weighted by atomic mass is 10.1. The Balaban J connectivity index is 1.59. The molecule has 0 radical (unpaired) electrons. The normalized spacial score (nSPS) is 10.4. The third kappa shape index (κ3) is 3.76. The summed E-state index contributed by atoms with van der Waals surface area (Å²) in [6.45, 7) is -0.414. The van der Waals surface area contributed by atoms with Gasteiger partial charge in [0.2, 0.25) is 0 Å². The maximum absolute atomic E-state index is 12.8. The Morgan fingerprint density at radius 3 is 2.38 bits per heavy atom. The summed E-state index contributed by atoms with van der Waals surface area (Å²) >= 11 is 0. The molecule has 3 rings (SSSR count). The number of carbonyl (C=O) groups is 2. The van der Waals surface area contributed by atoms with Crippen molar-refractivity contribution in [3.63, 3.8) is 0 Å². The Bertz CT molecular complexity index is 891. The maximum Gasteiger partial charge on any atom is 0.338 e. The summed E-state index contributed by atoms with van der Waals surface area (Å²) in [5.41, 5.74) is 0.812. The van der Waals surface area contributed by atoms with Crippen molar-refractivity contribution >= 4 is 28.3 Å². The van der Waals surface area contributed by atoms with Crippen LogP contribution in [0.4, 0.5) is 10.1 Å². The van der Waals surface area contributed by atoms with Gasteiger partial charge in [-0.15, -0.1) is 0 Å². The van der Waals surface area contributed by atoms with Crippen LogP contribution in [0.1, 0.15) is 10.4 Å². The highest BCUT2D eigenvalue weighted by Gasteiger charge is 2.11. The summed E-state index contributed by atoms with van der Waals surface area (Å²) in [6.07, 6.45) is 0. The van der Waals surface area contributed by atoms with E-state index in [1.807, 2.05) is 30.3 Å². The number of ether oxygens (including phenoxy) is 1. The van der Waals surface area contributed by atoms with E-state index in [0.29, 0.717) is 11.3 Å². The van der Waals surface area contributed by atoms with Gasteiger partial charge < -0.3 is 10.1 Å². The van der Waals surface area contributed by atoms with Crippen LogP contribution in [-0.4, -0.2) is 18.5 Å². The summed E-state index contributed by atoms with van der Waals surface area (Å²) in [5, 5.41) is 4.46. The molecule has 4 nitrogen and oxygen atoms in total. The second-order valence-corrected chi connectivity index (χ2v) is 5.19. The van der Waals surface area contributed by atoms with E-state index in [9.17, 15) is 14.0 Å². The molecule has 1 amide bonds. The molecule has 0 fully saturated rings. The molecule has 0 heterocycles. The van der Waals surface area contributed by atoms with Crippen LogP contribution in [0.25, 0.3) is 10.8 Å². The zero-order valence-corrected chi connectivity index (χ0v) is 12.7. The first-order chi connectivity index (χ1) is 11.6. The predicted octanol–water partition coefficient (Wildman–Crippen LogP) is 3.77. The third-order valence-electron chi connectivity index (χ3n) is 3.45. The van der Waals surface area contributed by atoms with Gasteiger partial charge in [-0.25, -0.2) is 9.18 Å². The van der Waals surface area contributed by atoms with Gasteiger partial charge in [-0.2, -0.15) is 0 Å². The van der Waals surface area contributed by atoms with Crippen molar-refractivity contribution in [3.05, 3.63) is 78.1 Å². The standard InChI is InChI=1S/C19H14FNO3/c20-16-7-9-17(10-8-16)21-18(22)12-24-19(23)15-6-5-13-3-1-2-4-14(13)11-15/h1-11H,12H2,(H,21,22). The number of carbonyl (C=O) groups excluding carboxylic acids is 2. The Morgan fingerprint density at radius 2 is 1.62 bits per heavy atom. The number of hydrogen-bond acceptors (Lipinski definition) is 3. The van der Waals surface area contributed by atoms with Crippen molar-refractivity contribution in [2.75, 3.05) is 11.9 Å². The molecule has 24 heavy (non-hydrogen) atoms. The number of amides is 1. The first-order valence-electron chi connectivity index (χ1n) is 7.33. The molecule has 0 atom stereocenters. The van der Waals surface area contributed by atoms with Crippen LogP contribution in [0, 0.1) is 5.82 Å². The highest BCUT2D eigenvalue weighted by molar-refractivity contribution is 5.98. The van der Waals surface area contributed by atoms with Crippen LogP contribution in [0.3, 0.4) is 0 Å². The van der Waals surface area contributed by atoms with Crippen LogP contribution >= 0.6 is 0 Å². The lowest BCUT2D eigenvalue weighted by molar-refractivity contribution is -0.119. The van der Waals surface area contributed by atoms with Crippen LogP contribution in [0.2, 0.25) is 0 Å². The van der Waals surface area contributed by atoms with Crippen LogP contribution in [-0.2, 0) is 9.53 Å². The largest absolute Gasteiger partial charge is 0.452 e. The average Bonchev–Trinajstić information content (AvgIpc) is 2.61. The second-order valence-electron chi connectivity index (χ2n) is 5.19. The first kappa shape index (κ1) is 15.7. The minimum Gasteiger partial charge on any atom is -0.452 e. The molecule has 3 aromatic rings. The molecule has 0 aromatic heterocycles. The number of nitrogens with one attached hydrogen (secondary N) is 1. The zero-order valence-electron chi connectivity index (χ0n) is 12.7. The fourth-order valence-electron chi connectivity index (χ4n) is 2.26. The molecule has 0 saturated carbocycles. The number of halogens is 1. The number of esters is 1. The molecule has 0 aliphatic rings. The highest BCUT2D eigenvalue weighted by atomic mass is 19.1. The Hall–Kier alpha value is -3.21. The summed E-state index contributed by atoms with van der Waals surface area (Å²) in [5.74, 6) is -1.46. The van der Waals surface area contributed by atoms with E-state index in [1.165, 1.54) is 24.3 Å². The average molecular weight is 323 g/mol. The zero-order chi connectivity index (χ0) is 16.9. The van der Waals surface area contributed by atoms with Crippen molar-refractivity contribution in [1.29, 1.82) is 0 Å². The fraction of sp³-hybridized carbons (Fsp3) is 0.0526. The number of anilines is 1. The molecule has 0 spiro atoms. The molecule has 0 unspecified atom stereocenters. The van der Waals surface area contributed by atoms with Gasteiger partial charge >= 0.3 is 5.97 Å². The monoisotopic (exact) mass is 323 g/mol. The fourth-order valence-corrected chi connectivity index (χ4v) is 2.26. The molecule has 1 N–H and O–H groups in total. The van der Waals surface area contributed by atoms with Gasteiger partial charge in [0.15, 0.2) is 6.61 Å². The summed E-state index contributed by atoms with van der Waals surface area (Å²) in [7, 11) is 0. The summed E-state index contributed by atoms with van der Waals surface area (Å²) in [6, 6.07) is 18.2. The first-order valence-corrected chi connectivity index (χ1v) is 7.33. The van der Waals surface area contributed by atoms with E-state index in [2.05, 4.69) is 5.32 Å². The molecule has 0 bridgehead atoms. The smallest absolute Gasteiger partial charge is 0.338 e. The predicted molar refractivity (Wildman–Crippen MR) is 89.3 cm³/mol.